The van der Waals surface area contributed by atoms with Crippen molar-refractivity contribution >= 4 is 43.5 Å². The van der Waals surface area contributed by atoms with Crippen molar-refractivity contribution in [2.75, 3.05) is 38.0 Å². The van der Waals surface area contributed by atoms with Gasteiger partial charge >= 0.3 is 0 Å². The predicted molar refractivity (Wildman–Crippen MR) is 112 cm³/mol. The highest BCUT2D eigenvalue weighted by Crippen LogP contribution is 2.18. The summed E-state index contributed by atoms with van der Waals surface area (Å²) in [5.74, 6) is -0.695. The molecular formula is C19H22BrN4O4S+. The Morgan fingerprint density at radius 3 is 2.17 bits per heavy atom. The molecule has 10 heteroatoms. The maximum Gasteiger partial charge on any atom is 0.279 e. The summed E-state index contributed by atoms with van der Waals surface area (Å²) in [4.78, 5) is 24.6. The van der Waals surface area contributed by atoms with Crippen molar-refractivity contribution in [2.45, 2.75) is 4.90 Å². The number of nitrogens with two attached hydrogens (primary N) is 1. The maximum atomic E-state index is 12.7. The molecule has 1 aliphatic rings. The minimum Gasteiger partial charge on any atom is -0.366 e. The first-order valence-corrected chi connectivity index (χ1v) is 11.3. The molecule has 0 radical (unpaired) electrons. The number of carbonyl (C=O) groups is 2. The predicted octanol–water partition coefficient (Wildman–Crippen LogP) is 0.0759. The van der Waals surface area contributed by atoms with E-state index in [-0.39, 0.29) is 17.3 Å². The lowest BCUT2D eigenvalue weighted by Gasteiger charge is -2.31. The second-order valence-corrected chi connectivity index (χ2v) is 9.63. The summed E-state index contributed by atoms with van der Waals surface area (Å²) in [6, 6.07) is 12.9. The highest BCUT2D eigenvalue weighted by Gasteiger charge is 2.31. The number of nitrogens with zero attached hydrogens (tertiary/aromatic N) is 1. The van der Waals surface area contributed by atoms with E-state index in [0.29, 0.717) is 37.4 Å². The van der Waals surface area contributed by atoms with Crippen LogP contribution < -0.4 is 16.0 Å². The van der Waals surface area contributed by atoms with Crippen LogP contribution in [0.3, 0.4) is 0 Å². The van der Waals surface area contributed by atoms with Crippen LogP contribution in [0.25, 0.3) is 0 Å². The van der Waals surface area contributed by atoms with Crippen LogP contribution in [-0.4, -0.2) is 57.3 Å². The van der Waals surface area contributed by atoms with Gasteiger partial charge in [0.05, 0.1) is 31.1 Å². The smallest absolute Gasteiger partial charge is 0.279 e. The van der Waals surface area contributed by atoms with E-state index < -0.39 is 15.9 Å². The van der Waals surface area contributed by atoms with E-state index in [2.05, 4.69) is 21.2 Å². The number of quaternary nitrogens is 1. The Morgan fingerprint density at radius 2 is 1.62 bits per heavy atom. The highest BCUT2D eigenvalue weighted by molar-refractivity contribution is 9.10. The zero-order chi connectivity index (χ0) is 21.0. The van der Waals surface area contributed by atoms with Crippen LogP contribution in [0.15, 0.2) is 57.9 Å². The van der Waals surface area contributed by atoms with Crippen molar-refractivity contribution in [3.05, 3.63) is 58.6 Å². The molecule has 1 aliphatic heterocycles. The first-order valence-electron chi connectivity index (χ1n) is 9.05. The molecule has 3 rings (SSSR count). The molecule has 0 spiro atoms. The van der Waals surface area contributed by atoms with Crippen LogP contribution in [0.4, 0.5) is 5.69 Å². The van der Waals surface area contributed by atoms with E-state index in [9.17, 15) is 18.0 Å². The minimum atomic E-state index is -3.53. The van der Waals surface area contributed by atoms with Gasteiger partial charge in [0, 0.05) is 15.7 Å². The lowest BCUT2D eigenvalue weighted by Crippen LogP contribution is -3.15. The van der Waals surface area contributed by atoms with Gasteiger partial charge in [0.25, 0.3) is 5.91 Å². The normalized spacial score (nSPS) is 15.8. The van der Waals surface area contributed by atoms with E-state index in [1.807, 2.05) is 0 Å². The van der Waals surface area contributed by atoms with E-state index in [1.54, 1.807) is 48.5 Å². The van der Waals surface area contributed by atoms with Crippen LogP contribution in [0.2, 0.25) is 0 Å². The summed E-state index contributed by atoms with van der Waals surface area (Å²) in [6.45, 7) is 2.04. The van der Waals surface area contributed by atoms with Crippen molar-refractivity contribution < 1.29 is 22.9 Å². The molecule has 0 bridgehead atoms. The fourth-order valence-corrected chi connectivity index (χ4v) is 4.83. The third kappa shape index (κ3) is 5.41. The largest absolute Gasteiger partial charge is 0.366 e. The third-order valence-electron chi connectivity index (χ3n) is 4.74. The second kappa shape index (κ2) is 9.04. The number of nitrogens with one attached hydrogen (secondary N) is 2. The van der Waals surface area contributed by atoms with Gasteiger partial charge in [-0.3, -0.25) is 9.59 Å². The average molecular weight is 482 g/mol. The number of piperazine rings is 1. The van der Waals surface area contributed by atoms with Crippen LogP contribution in [0, 0.1) is 0 Å². The number of halogens is 1. The van der Waals surface area contributed by atoms with Crippen LogP contribution in [0.1, 0.15) is 10.4 Å². The van der Waals surface area contributed by atoms with E-state index in [4.69, 9.17) is 5.73 Å². The summed E-state index contributed by atoms with van der Waals surface area (Å²) in [5, 5.41) is 2.78. The summed E-state index contributed by atoms with van der Waals surface area (Å²) in [5.41, 5.74) is 6.15. The molecule has 29 heavy (non-hydrogen) atoms. The average Bonchev–Trinajstić information content (AvgIpc) is 2.69. The molecule has 0 aromatic heterocycles. The number of anilines is 1. The Morgan fingerprint density at radius 1 is 1.03 bits per heavy atom. The van der Waals surface area contributed by atoms with E-state index in [1.165, 1.54) is 4.31 Å². The molecule has 2 aromatic rings. The van der Waals surface area contributed by atoms with Crippen LogP contribution in [-0.2, 0) is 14.8 Å². The summed E-state index contributed by atoms with van der Waals surface area (Å²) in [7, 11) is -3.53. The Hall–Kier alpha value is -2.27. The Bertz CT molecular complexity index is 986. The molecule has 1 saturated heterocycles. The van der Waals surface area contributed by atoms with Gasteiger partial charge in [0.1, 0.15) is 0 Å². The van der Waals surface area contributed by atoms with Gasteiger partial charge in [-0.05, 0) is 48.5 Å². The first-order chi connectivity index (χ1) is 13.8. The van der Waals surface area contributed by atoms with Crippen molar-refractivity contribution in [3.63, 3.8) is 0 Å². The zero-order valence-electron chi connectivity index (χ0n) is 15.6. The molecule has 1 heterocycles. The molecule has 0 saturated carbocycles. The van der Waals surface area contributed by atoms with Gasteiger partial charge in [-0.2, -0.15) is 4.31 Å². The number of benzene rings is 2. The molecule has 4 N–H and O–H groups in total. The fraction of sp³-hybridized carbons (Fsp3) is 0.263. The number of hydrogen-bond donors (Lipinski definition) is 3. The van der Waals surface area contributed by atoms with Crippen LogP contribution in [0.5, 0.6) is 0 Å². The summed E-state index contributed by atoms with van der Waals surface area (Å²) >= 11 is 3.30. The monoisotopic (exact) mass is 481 g/mol. The third-order valence-corrected chi connectivity index (χ3v) is 7.19. The Balaban J connectivity index is 1.52. The van der Waals surface area contributed by atoms with E-state index >= 15 is 0 Å². The number of carbonyl (C=O) groups excluding carboxylic acids is 2. The molecular weight excluding hydrogens is 460 g/mol. The number of primary amides is 1. The maximum absolute atomic E-state index is 12.7. The molecule has 2 aromatic carbocycles. The molecule has 2 amide bonds. The van der Waals surface area contributed by atoms with Gasteiger partial charge < -0.3 is 16.0 Å². The lowest BCUT2D eigenvalue weighted by molar-refractivity contribution is -0.895. The van der Waals surface area contributed by atoms with Crippen molar-refractivity contribution in [2.24, 2.45) is 5.73 Å². The Labute approximate surface area is 177 Å². The van der Waals surface area contributed by atoms with Crippen molar-refractivity contribution in [1.29, 1.82) is 0 Å². The quantitative estimate of drug-likeness (QED) is 0.541. The second-order valence-electron chi connectivity index (χ2n) is 6.77. The molecule has 154 valence electrons. The van der Waals surface area contributed by atoms with Gasteiger partial charge in [0.2, 0.25) is 15.9 Å². The van der Waals surface area contributed by atoms with Crippen molar-refractivity contribution in [1.82, 2.24) is 4.31 Å². The molecule has 1 fully saturated rings. The highest BCUT2D eigenvalue weighted by atomic mass is 79.9. The SMILES string of the molecule is NC(=O)c1ccc(NC(=O)C[NH+]2CCN(S(=O)(=O)c3ccc(Br)cc3)CC2)cc1. The number of hydrogen-bond acceptors (Lipinski definition) is 4. The standard InChI is InChI=1S/C19H21BrN4O4S/c20-15-3-7-17(8-4-15)29(27,28)24-11-9-23(10-12-24)13-18(25)22-16-5-1-14(2-6-16)19(21)26/h1-8H,9-13H2,(H2,21,26)(H,22,25)/p+1. The summed E-state index contributed by atoms with van der Waals surface area (Å²) in [6.07, 6.45) is 0. The van der Waals surface area contributed by atoms with Gasteiger partial charge in [-0.25, -0.2) is 8.42 Å². The minimum absolute atomic E-state index is 0.170. The molecule has 0 atom stereocenters. The van der Waals surface area contributed by atoms with Crippen LogP contribution >= 0.6 is 15.9 Å². The number of amides is 2. The number of sulfonamides is 1. The fourth-order valence-electron chi connectivity index (χ4n) is 3.13. The molecule has 0 aliphatic carbocycles. The first kappa shape index (κ1) is 21.4. The lowest BCUT2D eigenvalue weighted by atomic mass is 10.2. The number of rotatable bonds is 6. The molecule has 0 unspecified atom stereocenters. The van der Waals surface area contributed by atoms with Gasteiger partial charge in [-0.15, -0.1) is 0 Å². The van der Waals surface area contributed by atoms with E-state index in [0.717, 1.165) is 9.37 Å². The molecule has 8 nitrogen and oxygen atoms in total. The van der Waals surface area contributed by atoms with Gasteiger partial charge in [-0.1, -0.05) is 15.9 Å². The Kier molecular flexibility index (Phi) is 6.68. The van der Waals surface area contributed by atoms with Gasteiger partial charge in [0.15, 0.2) is 6.54 Å². The van der Waals surface area contributed by atoms with Crippen molar-refractivity contribution in [3.8, 4) is 0 Å². The summed E-state index contributed by atoms with van der Waals surface area (Å²) < 4.78 is 27.7. The topological polar surface area (TPSA) is 114 Å². The zero-order valence-corrected chi connectivity index (χ0v) is 18.0.